The van der Waals surface area contributed by atoms with E-state index in [2.05, 4.69) is 48.5 Å². The third-order valence-electron chi connectivity index (χ3n) is 3.56. The molecule has 1 unspecified atom stereocenters. The fourth-order valence-corrected chi connectivity index (χ4v) is 9.40. The lowest BCUT2D eigenvalue weighted by atomic mass is 10.1. The zero-order chi connectivity index (χ0) is 12.9. The van der Waals surface area contributed by atoms with Gasteiger partial charge in [-0.3, -0.25) is 0 Å². The average Bonchev–Trinajstić information content (AvgIpc) is 1.99. The van der Waals surface area contributed by atoms with Crippen molar-refractivity contribution in [3.8, 4) is 0 Å². The smallest absolute Gasteiger partial charge is 0.126 e. The number of hydrogen-bond donors (Lipinski definition) is 1. The van der Waals surface area contributed by atoms with E-state index in [-0.39, 0.29) is 0 Å². The van der Waals surface area contributed by atoms with Crippen molar-refractivity contribution >= 4 is 8.24 Å². The molecule has 0 fully saturated rings. The van der Waals surface area contributed by atoms with Crippen LogP contribution in [0.4, 0.5) is 0 Å². The van der Waals surface area contributed by atoms with Gasteiger partial charge in [0.15, 0.2) is 0 Å². The molecule has 2 N–H and O–H groups in total. The molecule has 0 bridgehead atoms. The highest BCUT2D eigenvalue weighted by molar-refractivity contribution is 6.78. The maximum Gasteiger partial charge on any atom is 0.126 e. The quantitative estimate of drug-likeness (QED) is 0.648. The van der Waals surface area contributed by atoms with Gasteiger partial charge in [-0.05, 0) is 35.4 Å². The van der Waals surface area contributed by atoms with Crippen LogP contribution in [0.5, 0.6) is 0 Å². The fourth-order valence-electron chi connectivity index (χ4n) is 3.45. The van der Waals surface area contributed by atoms with Gasteiger partial charge >= 0.3 is 0 Å². The van der Waals surface area contributed by atoms with Gasteiger partial charge in [0.1, 0.15) is 8.24 Å². The Hall–Kier alpha value is 0.177. The van der Waals surface area contributed by atoms with Gasteiger partial charge in [0.25, 0.3) is 0 Å². The van der Waals surface area contributed by atoms with Gasteiger partial charge < -0.3 is 5.40 Å². The molecule has 0 aliphatic heterocycles. The summed E-state index contributed by atoms with van der Waals surface area (Å²) in [7, 11) is -1.57. The van der Waals surface area contributed by atoms with Gasteiger partial charge in [0.2, 0.25) is 0 Å². The Morgan fingerprint density at radius 1 is 0.875 bits per heavy atom. The second kappa shape index (κ2) is 6.80. The Kier molecular flexibility index (Phi) is 6.88. The zero-order valence-corrected chi connectivity index (χ0v) is 13.5. The minimum absolute atomic E-state index is 0.749. The highest BCUT2D eigenvalue weighted by Gasteiger charge is 2.39. The summed E-state index contributed by atoms with van der Waals surface area (Å²) >= 11 is 0. The Morgan fingerprint density at radius 2 is 1.25 bits per heavy atom. The molecule has 1 atom stereocenters. The van der Waals surface area contributed by atoms with Crippen LogP contribution in [-0.2, 0) is 0 Å². The van der Waals surface area contributed by atoms with Crippen molar-refractivity contribution in [2.75, 3.05) is 0 Å². The van der Waals surface area contributed by atoms with Crippen LogP contribution >= 0.6 is 0 Å². The van der Waals surface area contributed by atoms with Crippen molar-refractivity contribution in [2.45, 2.75) is 72.5 Å². The molecule has 0 spiro atoms. The summed E-state index contributed by atoms with van der Waals surface area (Å²) in [5.74, 6) is 2.26. The fraction of sp³-hybridized carbons (Fsp3) is 1.00. The molecule has 16 heavy (non-hydrogen) atoms. The molecule has 0 aromatic heterocycles. The van der Waals surface area contributed by atoms with Crippen molar-refractivity contribution in [2.24, 2.45) is 23.2 Å². The molecule has 0 aromatic rings. The van der Waals surface area contributed by atoms with E-state index in [9.17, 15) is 0 Å². The van der Waals surface area contributed by atoms with Crippen molar-refractivity contribution in [1.82, 2.24) is 0 Å². The third-order valence-corrected chi connectivity index (χ3v) is 9.26. The highest BCUT2D eigenvalue weighted by atomic mass is 28.3. The monoisotopic (exact) mass is 243 g/mol. The van der Waals surface area contributed by atoms with E-state index in [1.807, 2.05) is 0 Å². The molecule has 0 rings (SSSR count). The second-order valence-corrected chi connectivity index (χ2v) is 10.7. The lowest BCUT2D eigenvalue weighted by Crippen LogP contribution is -2.53. The number of nitrogens with two attached hydrogens (primary N) is 1. The molecule has 0 heterocycles. The van der Waals surface area contributed by atoms with Crippen LogP contribution in [0.2, 0.25) is 17.6 Å². The molecule has 98 valence electrons. The molecular formula is C14H33NSi. The predicted molar refractivity (Wildman–Crippen MR) is 78.1 cm³/mol. The van der Waals surface area contributed by atoms with Crippen molar-refractivity contribution in [3.63, 3.8) is 0 Å². The van der Waals surface area contributed by atoms with Crippen LogP contribution in [-0.4, -0.2) is 8.24 Å². The molecular weight excluding hydrogens is 210 g/mol. The normalized spacial score (nSPS) is 15.2. The first kappa shape index (κ1) is 16.2. The summed E-state index contributed by atoms with van der Waals surface area (Å²) < 4.78 is 0. The largest absolute Gasteiger partial charge is 0.350 e. The summed E-state index contributed by atoms with van der Waals surface area (Å²) in [4.78, 5) is 0. The van der Waals surface area contributed by atoms with E-state index in [0.717, 1.165) is 23.3 Å². The summed E-state index contributed by atoms with van der Waals surface area (Å²) in [6.07, 6.45) is 1.26. The van der Waals surface area contributed by atoms with Gasteiger partial charge in [-0.2, -0.15) is 0 Å². The Labute approximate surface area is 104 Å². The van der Waals surface area contributed by atoms with Crippen LogP contribution in [0, 0.1) is 17.8 Å². The van der Waals surface area contributed by atoms with Crippen LogP contribution in [0.1, 0.15) is 54.9 Å². The van der Waals surface area contributed by atoms with Gasteiger partial charge in [-0.1, -0.05) is 54.9 Å². The first-order valence-electron chi connectivity index (χ1n) is 7.01. The molecule has 0 amide bonds. The molecule has 0 aromatic carbocycles. The van der Waals surface area contributed by atoms with Gasteiger partial charge in [-0.15, -0.1) is 0 Å². The Balaban J connectivity index is 4.87. The topological polar surface area (TPSA) is 26.0 Å². The lowest BCUT2D eigenvalue weighted by Gasteiger charge is -2.40. The Morgan fingerprint density at radius 3 is 1.44 bits per heavy atom. The van der Waals surface area contributed by atoms with E-state index in [1.165, 1.54) is 18.5 Å². The lowest BCUT2D eigenvalue weighted by molar-refractivity contribution is 0.529. The third kappa shape index (κ3) is 5.01. The molecule has 1 nitrogen and oxygen atoms in total. The van der Waals surface area contributed by atoms with Gasteiger partial charge in [0, 0.05) is 0 Å². The summed E-state index contributed by atoms with van der Waals surface area (Å²) in [6, 6.07) is 2.59. The highest BCUT2D eigenvalue weighted by Crippen LogP contribution is 2.38. The van der Waals surface area contributed by atoms with Crippen LogP contribution in [0.15, 0.2) is 0 Å². The predicted octanol–water partition coefficient (Wildman–Crippen LogP) is 4.64. The summed E-state index contributed by atoms with van der Waals surface area (Å²) in [5, 5.41) is 6.89. The minimum atomic E-state index is -1.57. The molecule has 0 saturated carbocycles. The van der Waals surface area contributed by atoms with E-state index >= 15 is 0 Å². The molecule has 0 saturated heterocycles. The van der Waals surface area contributed by atoms with Gasteiger partial charge in [-0.25, -0.2) is 0 Å². The van der Waals surface area contributed by atoms with E-state index in [4.69, 9.17) is 5.40 Å². The van der Waals surface area contributed by atoms with Crippen LogP contribution in [0.3, 0.4) is 0 Å². The van der Waals surface area contributed by atoms with Crippen LogP contribution in [0.25, 0.3) is 0 Å². The Bertz CT molecular complexity index is 177. The minimum Gasteiger partial charge on any atom is -0.350 e. The standard InChI is InChI=1S/C14H33NSi/c1-8-14(13(6)7)16(15,9-11(2)3)10-12(4)5/h11-14H,8-10,15H2,1-7H3. The van der Waals surface area contributed by atoms with Crippen molar-refractivity contribution in [3.05, 3.63) is 0 Å². The maximum absolute atomic E-state index is 6.89. The van der Waals surface area contributed by atoms with Gasteiger partial charge in [0.05, 0.1) is 0 Å². The van der Waals surface area contributed by atoms with Crippen LogP contribution < -0.4 is 5.40 Å². The number of rotatable bonds is 7. The second-order valence-electron chi connectivity index (χ2n) is 6.69. The summed E-state index contributed by atoms with van der Waals surface area (Å²) in [5.41, 5.74) is 0.789. The first-order valence-corrected chi connectivity index (χ1v) is 9.58. The molecule has 0 aliphatic carbocycles. The molecule has 2 heteroatoms. The van der Waals surface area contributed by atoms with Crippen molar-refractivity contribution < 1.29 is 0 Å². The van der Waals surface area contributed by atoms with E-state index < -0.39 is 8.24 Å². The average molecular weight is 244 g/mol. The summed E-state index contributed by atoms with van der Waals surface area (Å²) in [6.45, 7) is 16.3. The maximum atomic E-state index is 6.89. The first-order chi connectivity index (χ1) is 7.23. The zero-order valence-electron chi connectivity index (χ0n) is 12.5. The SMILES string of the molecule is CCC(C(C)C)[Si](N)(CC(C)C)CC(C)C. The van der Waals surface area contributed by atoms with E-state index in [0.29, 0.717) is 0 Å². The van der Waals surface area contributed by atoms with Crippen molar-refractivity contribution in [1.29, 1.82) is 0 Å². The molecule has 0 radical (unpaired) electrons. The van der Waals surface area contributed by atoms with E-state index in [1.54, 1.807) is 0 Å². The molecule has 0 aliphatic rings. The number of hydrogen-bond acceptors (Lipinski definition) is 1.